The minimum Gasteiger partial charge on any atom is -0.468 e. The summed E-state index contributed by atoms with van der Waals surface area (Å²) >= 11 is 3.24. The number of halogens is 1. The molecule has 1 unspecified atom stereocenters. The summed E-state index contributed by atoms with van der Waals surface area (Å²) in [6.07, 6.45) is 1.96. The van der Waals surface area contributed by atoms with E-state index in [0.29, 0.717) is 13.1 Å². The van der Waals surface area contributed by atoms with Crippen LogP contribution in [0.3, 0.4) is 0 Å². The summed E-state index contributed by atoms with van der Waals surface area (Å²) in [7, 11) is 3.26. The first-order chi connectivity index (χ1) is 7.54. The maximum absolute atomic E-state index is 11.1. The zero-order chi connectivity index (χ0) is 12.1. The molecule has 0 aliphatic rings. The van der Waals surface area contributed by atoms with E-state index in [-0.39, 0.29) is 10.8 Å². The number of rotatable bonds is 5. The van der Waals surface area contributed by atoms with Gasteiger partial charge in [0.15, 0.2) is 0 Å². The first-order valence-corrected chi connectivity index (χ1v) is 5.88. The van der Waals surface area contributed by atoms with Crippen LogP contribution in [0.25, 0.3) is 0 Å². The van der Waals surface area contributed by atoms with Crippen molar-refractivity contribution in [3.8, 4) is 0 Å². The van der Waals surface area contributed by atoms with Crippen molar-refractivity contribution in [2.75, 3.05) is 13.7 Å². The van der Waals surface area contributed by atoms with Gasteiger partial charge in [0.2, 0.25) is 0 Å². The van der Waals surface area contributed by atoms with E-state index < -0.39 is 0 Å². The van der Waals surface area contributed by atoms with E-state index >= 15 is 0 Å². The minimum atomic E-state index is -0.311. The number of aromatic nitrogens is 2. The van der Waals surface area contributed by atoms with Gasteiger partial charge in [-0.1, -0.05) is 15.9 Å². The molecule has 0 aliphatic carbocycles. The number of alkyl halides is 1. The van der Waals surface area contributed by atoms with Gasteiger partial charge < -0.3 is 10.1 Å². The number of nitrogens with one attached hydrogen (secondary N) is 1. The maximum atomic E-state index is 11.1. The molecule has 0 saturated heterocycles. The molecule has 90 valence electrons. The van der Waals surface area contributed by atoms with Crippen LogP contribution < -0.4 is 5.32 Å². The zero-order valence-electron chi connectivity index (χ0n) is 9.66. The summed E-state index contributed by atoms with van der Waals surface area (Å²) in [6, 6.07) is 0. The van der Waals surface area contributed by atoms with Gasteiger partial charge in [-0.05, 0) is 6.92 Å². The Balaban J connectivity index is 2.36. The van der Waals surface area contributed by atoms with Crippen LogP contribution >= 0.6 is 15.9 Å². The molecule has 0 spiro atoms. The smallest absolute Gasteiger partial charge is 0.320 e. The average molecular weight is 290 g/mol. The highest BCUT2D eigenvalue weighted by Gasteiger charge is 2.14. The molecule has 16 heavy (non-hydrogen) atoms. The third-order valence-corrected chi connectivity index (χ3v) is 2.91. The summed E-state index contributed by atoms with van der Waals surface area (Å²) in [6.45, 7) is 3.18. The summed E-state index contributed by atoms with van der Waals surface area (Å²) in [5.74, 6) is -0.268. The lowest BCUT2D eigenvalue weighted by molar-refractivity contribution is -0.139. The fourth-order valence-electron chi connectivity index (χ4n) is 1.37. The molecule has 0 radical (unpaired) electrons. The van der Waals surface area contributed by atoms with Gasteiger partial charge in [0, 0.05) is 31.9 Å². The van der Waals surface area contributed by atoms with Gasteiger partial charge in [0.25, 0.3) is 0 Å². The second-order valence-electron chi connectivity index (χ2n) is 3.54. The standard InChI is InChI=1S/C10H16BrN3O2/c1-7-8(6-14(2)13-7)4-12-5-9(11)10(15)16-3/h6,9,12H,4-5H2,1-3H3. The predicted molar refractivity (Wildman–Crippen MR) is 64.4 cm³/mol. The number of esters is 1. The molecule has 1 aromatic rings. The van der Waals surface area contributed by atoms with Crippen molar-refractivity contribution >= 4 is 21.9 Å². The Morgan fingerprint density at radius 2 is 2.44 bits per heavy atom. The minimum absolute atomic E-state index is 0.268. The third kappa shape index (κ3) is 3.61. The van der Waals surface area contributed by atoms with Gasteiger partial charge in [-0.15, -0.1) is 0 Å². The van der Waals surface area contributed by atoms with E-state index in [1.165, 1.54) is 7.11 Å². The Hall–Kier alpha value is -0.880. The van der Waals surface area contributed by atoms with E-state index in [2.05, 4.69) is 31.1 Å². The first kappa shape index (κ1) is 13.2. The van der Waals surface area contributed by atoms with Crippen molar-refractivity contribution < 1.29 is 9.53 Å². The molecule has 0 fully saturated rings. The molecular weight excluding hydrogens is 274 g/mol. The van der Waals surface area contributed by atoms with Crippen LogP contribution in [0, 0.1) is 6.92 Å². The van der Waals surface area contributed by atoms with Crippen LogP contribution in [0.2, 0.25) is 0 Å². The molecule has 1 heterocycles. The number of carbonyl (C=O) groups excluding carboxylic acids is 1. The molecular formula is C10H16BrN3O2. The number of nitrogens with zero attached hydrogens (tertiary/aromatic N) is 2. The Morgan fingerprint density at radius 1 is 1.75 bits per heavy atom. The molecule has 0 bridgehead atoms. The topological polar surface area (TPSA) is 56.1 Å². The molecule has 0 amide bonds. The van der Waals surface area contributed by atoms with Gasteiger partial charge in [0.1, 0.15) is 4.83 Å². The van der Waals surface area contributed by atoms with Gasteiger partial charge in [-0.25, -0.2) is 0 Å². The highest BCUT2D eigenvalue weighted by atomic mass is 79.9. The van der Waals surface area contributed by atoms with E-state index in [9.17, 15) is 4.79 Å². The van der Waals surface area contributed by atoms with Gasteiger partial charge in [0.05, 0.1) is 12.8 Å². The second-order valence-corrected chi connectivity index (χ2v) is 4.64. The molecule has 1 atom stereocenters. The number of methoxy groups -OCH3 is 1. The number of hydrogen-bond donors (Lipinski definition) is 1. The largest absolute Gasteiger partial charge is 0.468 e. The monoisotopic (exact) mass is 289 g/mol. The Labute approximate surface area is 103 Å². The van der Waals surface area contributed by atoms with Crippen molar-refractivity contribution in [3.05, 3.63) is 17.5 Å². The van der Waals surface area contributed by atoms with Crippen LogP contribution in [0.5, 0.6) is 0 Å². The maximum Gasteiger partial charge on any atom is 0.320 e. The third-order valence-electron chi connectivity index (χ3n) is 2.21. The quantitative estimate of drug-likeness (QED) is 0.642. The molecule has 0 aliphatic heterocycles. The SMILES string of the molecule is COC(=O)C(Br)CNCc1cn(C)nc1C. The molecule has 1 rings (SSSR count). The fourth-order valence-corrected chi connectivity index (χ4v) is 1.78. The van der Waals surface area contributed by atoms with Crippen LogP contribution in [0.4, 0.5) is 0 Å². The van der Waals surface area contributed by atoms with Crippen LogP contribution in [0.1, 0.15) is 11.3 Å². The first-order valence-electron chi connectivity index (χ1n) is 4.96. The Kier molecular flexibility index (Phi) is 4.95. The predicted octanol–water partition coefficient (Wildman–Crippen LogP) is 0.755. The molecule has 0 aromatic carbocycles. The molecule has 5 nitrogen and oxygen atoms in total. The lowest BCUT2D eigenvalue weighted by Gasteiger charge is -2.08. The van der Waals surface area contributed by atoms with Gasteiger partial charge >= 0.3 is 5.97 Å². The molecule has 1 aromatic heterocycles. The number of carbonyl (C=O) groups is 1. The van der Waals surface area contributed by atoms with E-state index in [0.717, 1.165) is 11.3 Å². The second kappa shape index (κ2) is 6.00. The van der Waals surface area contributed by atoms with E-state index in [1.54, 1.807) is 4.68 Å². The van der Waals surface area contributed by atoms with E-state index in [1.807, 2.05) is 20.2 Å². The number of hydrogen-bond acceptors (Lipinski definition) is 4. The van der Waals surface area contributed by atoms with Crippen molar-refractivity contribution in [3.63, 3.8) is 0 Å². The van der Waals surface area contributed by atoms with Crippen molar-refractivity contribution in [1.29, 1.82) is 0 Å². The summed E-state index contributed by atoms with van der Waals surface area (Å²) < 4.78 is 6.38. The van der Waals surface area contributed by atoms with Crippen LogP contribution in [-0.4, -0.2) is 34.2 Å². The van der Waals surface area contributed by atoms with Crippen LogP contribution in [0.15, 0.2) is 6.20 Å². The average Bonchev–Trinajstić information content (AvgIpc) is 2.56. The van der Waals surface area contributed by atoms with Crippen molar-refractivity contribution in [1.82, 2.24) is 15.1 Å². The highest BCUT2D eigenvalue weighted by molar-refractivity contribution is 9.10. The fraction of sp³-hybridized carbons (Fsp3) is 0.600. The number of aryl methyl sites for hydroxylation is 2. The summed E-state index contributed by atoms with van der Waals surface area (Å²) in [5.41, 5.74) is 2.13. The number of ether oxygens (including phenoxy) is 1. The highest BCUT2D eigenvalue weighted by Crippen LogP contribution is 2.05. The van der Waals surface area contributed by atoms with E-state index in [4.69, 9.17) is 0 Å². The van der Waals surface area contributed by atoms with Crippen LogP contribution in [-0.2, 0) is 23.1 Å². The normalized spacial score (nSPS) is 12.5. The van der Waals surface area contributed by atoms with Gasteiger partial charge in [-0.2, -0.15) is 5.10 Å². The van der Waals surface area contributed by atoms with Gasteiger partial charge in [-0.3, -0.25) is 9.48 Å². The molecule has 1 N–H and O–H groups in total. The lowest BCUT2D eigenvalue weighted by Crippen LogP contribution is -2.29. The summed E-state index contributed by atoms with van der Waals surface area (Å²) in [4.78, 5) is 10.8. The Morgan fingerprint density at radius 3 is 2.94 bits per heavy atom. The van der Waals surface area contributed by atoms with Crippen molar-refractivity contribution in [2.45, 2.75) is 18.3 Å². The lowest BCUT2D eigenvalue weighted by atomic mass is 10.2. The Bertz CT molecular complexity index is 365. The van der Waals surface area contributed by atoms with Crippen molar-refractivity contribution in [2.24, 2.45) is 7.05 Å². The summed E-state index contributed by atoms with van der Waals surface area (Å²) in [5, 5.41) is 7.40. The molecule has 0 saturated carbocycles. The zero-order valence-corrected chi connectivity index (χ0v) is 11.2. The molecule has 6 heteroatoms.